The van der Waals surface area contributed by atoms with E-state index in [1.54, 1.807) is 0 Å². The highest BCUT2D eigenvalue weighted by molar-refractivity contribution is 5.40. The van der Waals surface area contributed by atoms with Crippen molar-refractivity contribution in [3.63, 3.8) is 0 Å². The Morgan fingerprint density at radius 1 is 0.862 bits per heavy atom. The Hall–Kier alpha value is -2.92. The Labute approximate surface area is 171 Å². The van der Waals surface area contributed by atoms with Gasteiger partial charge in [-0.05, 0) is 17.5 Å². The van der Waals surface area contributed by atoms with Gasteiger partial charge in [0.2, 0.25) is 5.95 Å². The predicted octanol–water partition coefficient (Wildman–Crippen LogP) is 2.86. The van der Waals surface area contributed by atoms with Gasteiger partial charge in [-0.3, -0.25) is 9.69 Å². The molecule has 0 amide bonds. The third-order valence-electron chi connectivity index (χ3n) is 6.06. The van der Waals surface area contributed by atoms with Crippen molar-refractivity contribution in [3.8, 4) is 0 Å². The van der Waals surface area contributed by atoms with Gasteiger partial charge in [-0.25, -0.2) is 0 Å². The van der Waals surface area contributed by atoms with Crippen LogP contribution in [-0.4, -0.2) is 34.1 Å². The Balaban J connectivity index is 1.34. The molecule has 148 valence electrons. The van der Waals surface area contributed by atoms with Crippen LogP contribution in [-0.2, 0) is 32.5 Å². The minimum absolute atomic E-state index is 0.0457. The van der Waals surface area contributed by atoms with E-state index in [2.05, 4.69) is 67.9 Å². The van der Waals surface area contributed by atoms with E-state index in [4.69, 9.17) is 0 Å². The largest absolute Gasteiger partial charge is 0.340 e. The average molecular weight is 386 g/mol. The van der Waals surface area contributed by atoms with Gasteiger partial charge in [-0.15, -0.1) is 0 Å². The van der Waals surface area contributed by atoms with E-state index >= 15 is 0 Å². The van der Waals surface area contributed by atoms with Crippen LogP contribution in [0.5, 0.6) is 0 Å². The summed E-state index contributed by atoms with van der Waals surface area (Å²) in [4.78, 5) is 22.0. The molecule has 1 aromatic heterocycles. The molecule has 2 aromatic carbocycles. The van der Waals surface area contributed by atoms with Crippen molar-refractivity contribution >= 4 is 5.95 Å². The highest BCUT2D eigenvalue weighted by atomic mass is 16.1. The average Bonchev–Trinajstić information content (AvgIpc) is 3.17. The molecule has 0 atom stereocenters. The molecule has 3 aromatic rings. The van der Waals surface area contributed by atoms with Crippen molar-refractivity contribution in [2.24, 2.45) is 0 Å². The van der Waals surface area contributed by atoms with E-state index in [1.807, 2.05) is 12.1 Å². The fraction of sp³-hybridized carbons (Fsp3) is 0.333. The Kier molecular flexibility index (Phi) is 4.90. The van der Waals surface area contributed by atoms with E-state index in [-0.39, 0.29) is 5.56 Å². The number of aromatic nitrogens is 2. The lowest BCUT2D eigenvalue weighted by molar-refractivity contribution is 0.239. The van der Waals surface area contributed by atoms with Gasteiger partial charge in [-0.1, -0.05) is 60.7 Å². The zero-order chi connectivity index (χ0) is 19.6. The number of hydrogen-bond donors (Lipinski definition) is 0. The van der Waals surface area contributed by atoms with E-state index in [9.17, 15) is 4.79 Å². The van der Waals surface area contributed by atoms with Gasteiger partial charge in [0.15, 0.2) is 0 Å². The maximum atomic E-state index is 12.9. The van der Waals surface area contributed by atoms with Gasteiger partial charge < -0.3 is 9.47 Å². The fourth-order valence-corrected chi connectivity index (χ4v) is 4.53. The summed E-state index contributed by atoms with van der Waals surface area (Å²) < 4.78 is 2.29. The van der Waals surface area contributed by atoms with Gasteiger partial charge in [-0.2, -0.15) is 4.98 Å². The summed E-state index contributed by atoms with van der Waals surface area (Å²) in [5, 5.41) is 0. The lowest BCUT2D eigenvalue weighted by Crippen LogP contribution is -2.37. The van der Waals surface area contributed by atoms with Crippen LogP contribution in [0.3, 0.4) is 0 Å². The second-order valence-corrected chi connectivity index (χ2v) is 7.96. The van der Waals surface area contributed by atoms with Crippen molar-refractivity contribution in [3.05, 3.63) is 93.4 Å². The standard InChI is InChI=1S/C24H26N4O/c29-23-21-18-26(17-20-9-5-2-6-10-20)13-12-22(21)28-16-15-27(24(28)25-23)14-11-19-7-3-1-4-8-19/h1-10H,11-18H2. The minimum atomic E-state index is -0.0457. The molecule has 0 spiro atoms. The number of fused-ring (bicyclic) bond motifs is 3. The molecular weight excluding hydrogens is 360 g/mol. The molecule has 0 unspecified atom stereocenters. The molecule has 0 aliphatic carbocycles. The minimum Gasteiger partial charge on any atom is -0.340 e. The molecule has 0 saturated carbocycles. The van der Waals surface area contributed by atoms with Crippen LogP contribution in [0.1, 0.15) is 22.4 Å². The van der Waals surface area contributed by atoms with Crippen molar-refractivity contribution in [1.29, 1.82) is 0 Å². The summed E-state index contributed by atoms with van der Waals surface area (Å²) >= 11 is 0. The summed E-state index contributed by atoms with van der Waals surface area (Å²) in [6, 6.07) is 21.0. The van der Waals surface area contributed by atoms with Crippen molar-refractivity contribution in [1.82, 2.24) is 14.5 Å². The van der Waals surface area contributed by atoms with Crippen LogP contribution in [0, 0.1) is 0 Å². The quantitative estimate of drug-likeness (QED) is 0.676. The summed E-state index contributed by atoms with van der Waals surface area (Å²) in [6.45, 7) is 5.32. The third-order valence-corrected chi connectivity index (χ3v) is 6.06. The molecule has 3 heterocycles. The molecule has 0 radical (unpaired) electrons. The molecule has 2 aliphatic heterocycles. The molecule has 5 rings (SSSR count). The second-order valence-electron chi connectivity index (χ2n) is 7.96. The molecule has 0 fully saturated rings. The highest BCUT2D eigenvalue weighted by Gasteiger charge is 2.29. The van der Waals surface area contributed by atoms with E-state index < -0.39 is 0 Å². The number of anilines is 1. The molecule has 0 bridgehead atoms. The Bertz CT molecular complexity index is 1050. The first-order valence-electron chi connectivity index (χ1n) is 10.5. The molecule has 0 saturated heterocycles. The predicted molar refractivity (Wildman–Crippen MR) is 115 cm³/mol. The van der Waals surface area contributed by atoms with Crippen LogP contribution in [0.4, 0.5) is 5.95 Å². The first-order chi connectivity index (χ1) is 14.3. The zero-order valence-electron chi connectivity index (χ0n) is 16.6. The van der Waals surface area contributed by atoms with Gasteiger partial charge in [0.25, 0.3) is 5.56 Å². The monoisotopic (exact) mass is 386 g/mol. The molecular formula is C24H26N4O. The SMILES string of the molecule is O=c1nc2n(c3c1CN(Cc1ccccc1)CC3)CCN2CCc1ccccc1. The zero-order valence-corrected chi connectivity index (χ0v) is 16.6. The molecule has 29 heavy (non-hydrogen) atoms. The molecule has 0 N–H and O–H groups in total. The van der Waals surface area contributed by atoms with Crippen molar-refractivity contribution in [2.75, 3.05) is 24.5 Å². The van der Waals surface area contributed by atoms with Crippen molar-refractivity contribution < 1.29 is 0 Å². The summed E-state index contributed by atoms with van der Waals surface area (Å²) in [5.41, 5.74) is 4.66. The van der Waals surface area contributed by atoms with Gasteiger partial charge >= 0.3 is 0 Å². The number of rotatable bonds is 5. The van der Waals surface area contributed by atoms with E-state index in [1.165, 1.54) is 16.8 Å². The lowest BCUT2D eigenvalue weighted by Gasteiger charge is -2.30. The normalized spacial score (nSPS) is 15.9. The number of hydrogen-bond acceptors (Lipinski definition) is 4. The number of benzene rings is 2. The van der Waals surface area contributed by atoms with Gasteiger partial charge in [0, 0.05) is 51.4 Å². The van der Waals surface area contributed by atoms with Crippen LogP contribution < -0.4 is 10.5 Å². The van der Waals surface area contributed by atoms with Gasteiger partial charge in [0.1, 0.15) is 0 Å². The van der Waals surface area contributed by atoms with Crippen LogP contribution >= 0.6 is 0 Å². The maximum absolute atomic E-state index is 12.9. The summed E-state index contributed by atoms with van der Waals surface area (Å²) in [7, 11) is 0. The van der Waals surface area contributed by atoms with E-state index in [0.717, 1.165) is 57.1 Å². The lowest BCUT2D eigenvalue weighted by atomic mass is 10.1. The summed E-state index contributed by atoms with van der Waals surface area (Å²) in [6.07, 6.45) is 1.89. The molecule has 5 heteroatoms. The molecule has 2 aliphatic rings. The smallest absolute Gasteiger partial charge is 0.279 e. The van der Waals surface area contributed by atoms with Crippen LogP contribution in [0.25, 0.3) is 0 Å². The first kappa shape index (κ1) is 18.1. The number of nitrogens with zero attached hydrogens (tertiary/aromatic N) is 4. The Morgan fingerprint density at radius 3 is 2.34 bits per heavy atom. The second kappa shape index (κ2) is 7.84. The fourth-order valence-electron chi connectivity index (χ4n) is 4.53. The topological polar surface area (TPSA) is 41.4 Å². The highest BCUT2D eigenvalue weighted by Crippen LogP contribution is 2.25. The maximum Gasteiger partial charge on any atom is 0.279 e. The first-order valence-corrected chi connectivity index (χ1v) is 10.5. The van der Waals surface area contributed by atoms with Crippen LogP contribution in [0.15, 0.2) is 65.5 Å². The van der Waals surface area contributed by atoms with Crippen molar-refractivity contribution in [2.45, 2.75) is 32.5 Å². The molecule has 5 nitrogen and oxygen atoms in total. The third kappa shape index (κ3) is 3.70. The summed E-state index contributed by atoms with van der Waals surface area (Å²) in [5.74, 6) is 0.862. The van der Waals surface area contributed by atoms with Gasteiger partial charge in [0.05, 0.1) is 5.56 Å². The Morgan fingerprint density at radius 2 is 1.59 bits per heavy atom. The van der Waals surface area contributed by atoms with E-state index in [0.29, 0.717) is 6.54 Å². The van der Waals surface area contributed by atoms with Crippen LogP contribution in [0.2, 0.25) is 0 Å².